The maximum Gasteiger partial charge on any atom is 0.0875 e. The van der Waals surface area contributed by atoms with E-state index >= 15 is 0 Å². The summed E-state index contributed by atoms with van der Waals surface area (Å²) in [4.78, 5) is 4.23. The quantitative estimate of drug-likeness (QED) is 0.569. The van der Waals surface area contributed by atoms with Crippen LogP contribution in [0.25, 0.3) is 0 Å². The highest BCUT2D eigenvalue weighted by Crippen LogP contribution is 2.38. The standard InChI is InChI=1S/C11H15NSi/c1-2-7-13(6-1)8-4-10-9-12-5-3-11(10)13/h3,5,9H,1-2,4,6-8H2. The average molecular weight is 189 g/mol. The van der Waals surface area contributed by atoms with Crippen molar-refractivity contribution in [2.24, 2.45) is 0 Å². The van der Waals surface area contributed by atoms with E-state index in [1.54, 1.807) is 22.8 Å². The highest BCUT2D eigenvalue weighted by molar-refractivity contribution is 6.93. The molecule has 0 saturated carbocycles. The smallest absolute Gasteiger partial charge is 0.0875 e. The third-order valence-corrected chi connectivity index (χ3v) is 9.37. The highest BCUT2D eigenvalue weighted by Gasteiger charge is 2.42. The second-order valence-corrected chi connectivity index (χ2v) is 9.12. The molecule has 1 aromatic heterocycles. The molecule has 1 nitrogen and oxygen atoms in total. The largest absolute Gasteiger partial charge is 0.264 e. The van der Waals surface area contributed by atoms with Crippen molar-refractivity contribution in [3.63, 3.8) is 0 Å². The lowest BCUT2D eigenvalue weighted by Crippen LogP contribution is -2.41. The first-order valence-corrected chi connectivity index (χ1v) is 7.96. The SMILES string of the molecule is c1cc2c(cn1)CC[Si]21CCCC1. The van der Waals surface area contributed by atoms with E-state index in [1.165, 1.54) is 25.3 Å². The molecule has 1 fully saturated rings. The molecule has 2 aliphatic heterocycles. The second kappa shape index (κ2) is 2.68. The minimum absolute atomic E-state index is 0.930. The van der Waals surface area contributed by atoms with Gasteiger partial charge < -0.3 is 0 Å². The summed E-state index contributed by atoms with van der Waals surface area (Å²) in [5, 5.41) is 1.76. The van der Waals surface area contributed by atoms with E-state index < -0.39 is 8.07 Å². The van der Waals surface area contributed by atoms with Crippen LogP contribution in [0.3, 0.4) is 0 Å². The monoisotopic (exact) mass is 189 g/mol. The minimum atomic E-state index is -0.930. The first-order chi connectivity index (χ1) is 6.41. The van der Waals surface area contributed by atoms with Gasteiger partial charge in [-0.3, -0.25) is 4.98 Å². The topological polar surface area (TPSA) is 12.9 Å². The van der Waals surface area contributed by atoms with E-state index in [0.717, 1.165) is 0 Å². The molecular formula is C11H15NSi. The van der Waals surface area contributed by atoms with Gasteiger partial charge in [-0.25, -0.2) is 0 Å². The van der Waals surface area contributed by atoms with Gasteiger partial charge in [-0.2, -0.15) is 0 Å². The first kappa shape index (κ1) is 7.74. The van der Waals surface area contributed by atoms with Gasteiger partial charge in [0, 0.05) is 12.4 Å². The fourth-order valence-corrected chi connectivity index (χ4v) is 8.68. The molecule has 0 amide bonds. The third-order valence-electron chi connectivity index (χ3n) is 3.91. The Morgan fingerprint density at radius 2 is 2.00 bits per heavy atom. The molecule has 1 saturated heterocycles. The number of hydrogen-bond donors (Lipinski definition) is 0. The lowest BCUT2D eigenvalue weighted by atomic mass is 10.2. The fourth-order valence-electron chi connectivity index (χ4n) is 3.22. The van der Waals surface area contributed by atoms with E-state index in [-0.39, 0.29) is 0 Å². The van der Waals surface area contributed by atoms with Crippen LogP contribution in [-0.4, -0.2) is 13.1 Å². The number of aromatic nitrogens is 1. The Hall–Kier alpha value is -0.633. The number of aryl methyl sites for hydroxylation is 1. The average Bonchev–Trinajstić information content (AvgIpc) is 2.78. The third kappa shape index (κ3) is 1.01. The summed E-state index contributed by atoms with van der Waals surface area (Å²) in [5.74, 6) is 0. The lowest BCUT2D eigenvalue weighted by molar-refractivity contribution is 0.935. The summed E-state index contributed by atoms with van der Waals surface area (Å²) < 4.78 is 0. The minimum Gasteiger partial charge on any atom is -0.264 e. The van der Waals surface area contributed by atoms with Gasteiger partial charge in [0.1, 0.15) is 0 Å². The van der Waals surface area contributed by atoms with E-state index in [0.29, 0.717) is 0 Å². The van der Waals surface area contributed by atoms with Crippen LogP contribution >= 0.6 is 0 Å². The fraction of sp³-hybridized carbons (Fsp3) is 0.545. The maximum atomic E-state index is 4.23. The van der Waals surface area contributed by atoms with Crippen molar-refractivity contribution in [3.8, 4) is 0 Å². The van der Waals surface area contributed by atoms with Crippen molar-refractivity contribution in [1.82, 2.24) is 4.98 Å². The Labute approximate surface area is 80.2 Å². The molecule has 2 heteroatoms. The van der Waals surface area contributed by atoms with Gasteiger partial charge in [0.25, 0.3) is 0 Å². The van der Waals surface area contributed by atoms with Gasteiger partial charge in [0.2, 0.25) is 0 Å². The van der Waals surface area contributed by atoms with Crippen LogP contribution in [0.2, 0.25) is 18.1 Å². The molecular weight excluding hydrogens is 174 g/mol. The Bertz CT molecular complexity index is 329. The Kier molecular flexibility index (Phi) is 1.59. The van der Waals surface area contributed by atoms with Crippen LogP contribution in [0.1, 0.15) is 18.4 Å². The van der Waals surface area contributed by atoms with E-state index in [4.69, 9.17) is 0 Å². The maximum absolute atomic E-state index is 4.23. The molecule has 0 N–H and O–H groups in total. The van der Waals surface area contributed by atoms with Crippen molar-refractivity contribution < 1.29 is 0 Å². The van der Waals surface area contributed by atoms with Crippen molar-refractivity contribution >= 4 is 13.3 Å². The summed E-state index contributed by atoms with van der Waals surface area (Å²) >= 11 is 0. The molecule has 0 atom stereocenters. The zero-order valence-corrected chi connectivity index (χ0v) is 8.92. The molecule has 1 spiro atoms. The molecule has 13 heavy (non-hydrogen) atoms. The van der Waals surface area contributed by atoms with E-state index in [1.807, 2.05) is 6.20 Å². The summed E-state index contributed by atoms with van der Waals surface area (Å²) in [6.45, 7) is 0. The van der Waals surface area contributed by atoms with Crippen LogP contribution in [-0.2, 0) is 6.42 Å². The van der Waals surface area contributed by atoms with Crippen LogP contribution in [0.15, 0.2) is 18.5 Å². The Balaban J connectivity index is 2.11. The number of rotatable bonds is 0. The van der Waals surface area contributed by atoms with Gasteiger partial charge in [0.05, 0.1) is 8.07 Å². The molecule has 0 unspecified atom stereocenters. The molecule has 1 aromatic rings. The molecule has 68 valence electrons. The summed E-state index contributed by atoms with van der Waals surface area (Å²) in [6.07, 6.45) is 8.42. The zero-order chi connectivity index (χ0) is 8.73. The van der Waals surface area contributed by atoms with E-state index in [2.05, 4.69) is 17.2 Å². The highest BCUT2D eigenvalue weighted by atomic mass is 28.3. The van der Waals surface area contributed by atoms with Crippen LogP contribution in [0.4, 0.5) is 0 Å². The van der Waals surface area contributed by atoms with Gasteiger partial charge in [0.15, 0.2) is 0 Å². The number of pyridine rings is 1. The number of hydrogen-bond acceptors (Lipinski definition) is 1. The number of nitrogens with zero attached hydrogens (tertiary/aromatic N) is 1. The van der Waals surface area contributed by atoms with Gasteiger partial charge >= 0.3 is 0 Å². The van der Waals surface area contributed by atoms with Crippen LogP contribution in [0.5, 0.6) is 0 Å². The summed E-state index contributed by atoms with van der Waals surface area (Å²) in [7, 11) is -0.930. The van der Waals surface area contributed by atoms with Crippen molar-refractivity contribution in [2.45, 2.75) is 37.4 Å². The Morgan fingerprint density at radius 3 is 2.85 bits per heavy atom. The van der Waals surface area contributed by atoms with Crippen molar-refractivity contribution in [1.29, 1.82) is 0 Å². The molecule has 0 bridgehead atoms. The molecule has 0 aromatic carbocycles. The predicted molar refractivity (Wildman–Crippen MR) is 57.0 cm³/mol. The van der Waals surface area contributed by atoms with Gasteiger partial charge in [-0.05, 0) is 24.1 Å². The molecule has 3 heterocycles. The van der Waals surface area contributed by atoms with E-state index in [9.17, 15) is 0 Å². The molecule has 3 rings (SSSR count). The van der Waals surface area contributed by atoms with Gasteiger partial charge in [-0.15, -0.1) is 0 Å². The molecule has 0 radical (unpaired) electrons. The summed E-state index contributed by atoms with van der Waals surface area (Å²) in [6, 6.07) is 6.96. The van der Waals surface area contributed by atoms with Crippen LogP contribution < -0.4 is 5.19 Å². The lowest BCUT2D eigenvalue weighted by Gasteiger charge is -2.20. The molecule has 2 aliphatic rings. The van der Waals surface area contributed by atoms with Crippen LogP contribution in [0, 0.1) is 0 Å². The number of fused-ring (bicyclic) bond motifs is 2. The molecule has 0 aliphatic carbocycles. The second-order valence-electron chi connectivity index (χ2n) is 4.52. The predicted octanol–water partition coefficient (Wildman–Crippen LogP) is 2.09. The first-order valence-electron chi connectivity index (χ1n) is 5.34. The van der Waals surface area contributed by atoms with Crippen molar-refractivity contribution in [3.05, 3.63) is 24.0 Å². The summed E-state index contributed by atoms with van der Waals surface area (Å²) in [5.41, 5.74) is 1.58. The normalized spacial score (nSPS) is 23.7. The van der Waals surface area contributed by atoms with Gasteiger partial charge in [-0.1, -0.05) is 30.1 Å². The zero-order valence-electron chi connectivity index (χ0n) is 7.92. The van der Waals surface area contributed by atoms with Crippen molar-refractivity contribution in [2.75, 3.05) is 0 Å². The Morgan fingerprint density at radius 1 is 1.15 bits per heavy atom.